The van der Waals surface area contributed by atoms with Gasteiger partial charge in [-0.05, 0) is 55.1 Å². The van der Waals surface area contributed by atoms with Crippen molar-refractivity contribution in [3.05, 3.63) is 70.8 Å². The van der Waals surface area contributed by atoms with Gasteiger partial charge in [0, 0.05) is 19.3 Å². The fourth-order valence-electron chi connectivity index (χ4n) is 3.92. The van der Waals surface area contributed by atoms with Crippen molar-refractivity contribution in [2.75, 3.05) is 26.4 Å². The first-order chi connectivity index (χ1) is 16.0. The maximum atomic E-state index is 13.1. The quantitative estimate of drug-likeness (QED) is 0.472. The second kappa shape index (κ2) is 11.1. The number of hydrogen-bond acceptors (Lipinski definition) is 4. The molecule has 0 bridgehead atoms. The van der Waals surface area contributed by atoms with Crippen LogP contribution in [0.5, 0.6) is 0 Å². The van der Waals surface area contributed by atoms with Crippen LogP contribution in [0.15, 0.2) is 48.5 Å². The van der Waals surface area contributed by atoms with E-state index >= 15 is 0 Å². The number of hydrogen-bond donors (Lipinski definition) is 2. The molecule has 1 unspecified atom stereocenters. The summed E-state index contributed by atoms with van der Waals surface area (Å²) in [5.41, 5.74) is 3.47. The summed E-state index contributed by atoms with van der Waals surface area (Å²) >= 11 is 0. The highest BCUT2D eigenvalue weighted by Crippen LogP contribution is 2.36. The first-order valence-corrected chi connectivity index (χ1v) is 11.0. The van der Waals surface area contributed by atoms with Crippen molar-refractivity contribution in [1.82, 2.24) is 5.32 Å². The lowest BCUT2D eigenvalue weighted by Gasteiger charge is -2.32. The summed E-state index contributed by atoms with van der Waals surface area (Å²) in [6, 6.07) is 10.8. The molecule has 3 N–H and O–H groups in total. The van der Waals surface area contributed by atoms with Crippen LogP contribution in [0.4, 0.5) is 26.3 Å². The number of halogens is 6. The molecule has 0 spiro atoms. The van der Waals surface area contributed by atoms with E-state index in [9.17, 15) is 26.3 Å². The summed E-state index contributed by atoms with van der Waals surface area (Å²) in [5.74, 6) is 0. The summed E-state index contributed by atoms with van der Waals surface area (Å²) in [7, 11) is 0. The van der Waals surface area contributed by atoms with Gasteiger partial charge in [0.2, 0.25) is 0 Å². The number of nitrogens with one attached hydrogen (secondary N) is 1. The van der Waals surface area contributed by atoms with E-state index in [0.717, 1.165) is 18.4 Å². The van der Waals surface area contributed by atoms with Crippen LogP contribution in [0.3, 0.4) is 0 Å². The van der Waals surface area contributed by atoms with Crippen molar-refractivity contribution in [3.8, 4) is 0 Å². The van der Waals surface area contributed by atoms with Crippen LogP contribution >= 0.6 is 0 Å². The highest BCUT2D eigenvalue weighted by atomic mass is 19.4. The summed E-state index contributed by atoms with van der Waals surface area (Å²) in [4.78, 5) is 0. The Kier molecular flexibility index (Phi) is 8.62. The molecule has 1 aliphatic rings. The molecule has 2 aromatic carbocycles. The maximum Gasteiger partial charge on any atom is 0.416 e. The van der Waals surface area contributed by atoms with Crippen LogP contribution in [0.25, 0.3) is 0 Å². The van der Waals surface area contributed by atoms with Crippen molar-refractivity contribution >= 4 is 0 Å². The van der Waals surface area contributed by atoms with Gasteiger partial charge >= 0.3 is 12.4 Å². The summed E-state index contributed by atoms with van der Waals surface area (Å²) in [6.45, 7) is 1.42. The Labute approximate surface area is 194 Å². The van der Waals surface area contributed by atoms with Crippen molar-refractivity contribution in [2.45, 2.75) is 49.8 Å². The maximum absolute atomic E-state index is 13.1. The summed E-state index contributed by atoms with van der Waals surface area (Å²) < 4.78 is 89.7. The van der Waals surface area contributed by atoms with E-state index in [-0.39, 0.29) is 18.2 Å². The predicted octanol–water partition coefficient (Wildman–Crippen LogP) is 5.25. The zero-order valence-electron chi connectivity index (χ0n) is 18.5. The minimum atomic E-state index is -4.91. The monoisotopic (exact) mass is 490 g/mol. The smallest absolute Gasteiger partial charge is 0.381 e. The van der Waals surface area contributed by atoms with E-state index in [1.165, 1.54) is 0 Å². The molecule has 1 aliphatic heterocycles. The topological polar surface area (TPSA) is 56.5 Å². The zero-order valence-corrected chi connectivity index (χ0v) is 18.5. The number of ether oxygens (including phenoxy) is 2. The number of benzene rings is 2. The number of alkyl halides is 6. The fourth-order valence-corrected chi connectivity index (χ4v) is 3.92. The van der Waals surface area contributed by atoms with Crippen molar-refractivity contribution in [2.24, 2.45) is 5.73 Å². The molecular weight excluding hydrogens is 462 g/mol. The molecule has 2 aromatic rings. The Morgan fingerprint density at radius 3 is 2.03 bits per heavy atom. The van der Waals surface area contributed by atoms with Gasteiger partial charge in [-0.1, -0.05) is 30.3 Å². The van der Waals surface area contributed by atoms with Crippen molar-refractivity contribution in [3.63, 3.8) is 0 Å². The number of rotatable bonds is 9. The fraction of sp³-hybridized carbons (Fsp3) is 0.500. The highest BCUT2D eigenvalue weighted by molar-refractivity contribution is 5.33. The normalized spacial score (nSPS) is 17.5. The Morgan fingerprint density at radius 1 is 0.882 bits per heavy atom. The van der Waals surface area contributed by atoms with Gasteiger partial charge in [0.05, 0.1) is 29.9 Å². The molecule has 10 heteroatoms. The first-order valence-electron chi connectivity index (χ1n) is 11.0. The number of nitrogens with two attached hydrogens (primary N) is 1. The van der Waals surface area contributed by atoms with Gasteiger partial charge in [0.1, 0.15) is 0 Å². The van der Waals surface area contributed by atoms with Gasteiger partial charge in [-0.15, -0.1) is 0 Å². The molecule has 0 aliphatic carbocycles. The molecule has 0 saturated carbocycles. The van der Waals surface area contributed by atoms with Crippen molar-refractivity contribution < 1.29 is 35.8 Å². The molecule has 34 heavy (non-hydrogen) atoms. The van der Waals surface area contributed by atoms with E-state index in [2.05, 4.69) is 5.32 Å². The van der Waals surface area contributed by atoms with Crippen molar-refractivity contribution in [1.29, 1.82) is 0 Å². The molecule has 188 valence electrons. The van der Waals surface area contributed by atoms with Gasteiger partial charge in [-0.2, -0.15) is 26.3 Å². The van der Waals surface area contributed by atoms with E-state index in [0.29, 0.717) is 44.4 Å². The molecular formula is C24H28F6N2O2. The van der Waals surface area contributed by atoms with Gasteiger partial charge < -0.3 is 20.5 Å². The lowest BCUT2D eigenvalue weighted by Crippen LogP contribution is -2.45. The Bertz CT molecular complexity index is 882. The van der Waals surface area contributed by atoms with Crippen LogP contribution in [0.1, 0.15) is 41.5 Å². The average molecular weight is 490 g/mol. The lowest BCUT2D eigenvalue weighted by molar-refractivity contribution is -0.143. The largest absolute Gasteiger partial charge is 0.416 e. The molecule has 3 rings (SSSR count). The Balaban J connectivity index is 1.70. The van der Waals surface area contributed by atoms with Gasteiger partial charge in [0.15, 0.2) is 0 Å². The third-order valence-corrected chi connectivity index (χ3v) is 5.85. The van der Waals surface area contributed by atoms with Crippen LogP contribution in [0.2, 0.25) is 0 Å². The highest BCUT2D eigenvalue weighted by Gasteiger charge is 2.37. The SMILES string of the molecule is NC(CCNC1CCOCC1)(COCc1cc(C(F)(F)F)cc(C(F)(F)F)c1)c1ccccc1. The third kappa shape index (κ3) is 7.43. The molecule has 1 atom stereocenters. The van der Waals surface area contributed by atoms with E-state index in [4.69, 9.17) is 15.2 Å². The van der Waals surface area contributed by atoms with Crippen LogP contribution in [0, 0.1) is 0 Å². The predicted molar refractivity (Wildman–Crippen MR) is 115 cm³/mol. The summed E-state index contributed by atoms with van der Waals surface area (Å²) in [6.07, 6.45) is -7.58. The third-order valence-electron chi connectivity index (χ3n) is 5.85. The zero-order chi connectivity index (χ0) is 24.8. The molecule has 0 aromatic heterocycles. The second-order valence-electron chi connectivity index (χ2n) is 8.52. The lowest BCUT2D eigenvalue weighted by atomic mass is 9.88. The minimum absolute atomic E-state index is 0.0793. The molecule has 1 saturated heterocycles. The van der Waals surface area contributed by atoms with Gasteiger partial charge in [0.25, 0.3) is 0 Å². The Hall–Kier alpha value is -2.14. The van der Waals surface area contributed by atoms with E-state index < -0.39 is 35.6 Å². The molecule has 1 fully saturated rings. The van der Waals surface area contributed by atoms with E-state index in [1.807, 2.05) is 30.3 Å². The Morgan fingerprint density at radius 2 is 1.47 bits per heavy atom. The van der Waals surface area contributed by atoms with Gasteiger partial charge in [-0.3, -0.25) is 0 Å². The minimum Gasteiger partial charge on any atom is -0.381 e. The second-order valence-corrected chi connectivity index (χ2v) is 8.52. The first kappa shape index (κ1) is 26.5. The van der Waals surface area contributed by atoms with Crippen LogP contribution < -0.4 is 11.1 Å². The van der Waals surface area contributed by atoms with Crippen LogP contribution in [-0.4, -0.2) is 32.4 Å². The summed E-state index contributed by atoms with van der Waals surface area (Å²) in [5, 5.41) is 3.44. The average Bonchev–Trinajstić information content (AvgIpc) is 2.79. The molecule has 4 nitrogen and oxygen atoms in total. The molecule has 0 amide bonds. The van der Waals surface area contributed by atoms with Gasteiger partial charge in [-0.25, -0.2) is 0 Å². The molecule has 1 heterocycles. The standard InChI is InChI=1S/C24H28F6N2O2/c25-23(26,27)19-12-17(13-20(14-19)24(28,29)30)15-34-16-22(31,18-4-2-1-3-5-18)8-9-32-21-6-10-33-11-7-21/h1-5,12-14,21,32H,6-11,15-16,31H2. The molecule has 0 radical (unpaired) electrons. The van der Waals surface area contributed by atoms with E-state index in [1.54, 1.807) is 0 Å². The van der Waals surface area contributed by atoms with Crippen LogP contribution in [-0.2, 0) is 34.0 Å².